The van der Waals surface area contributed by atoms with Crippen molar-refractivity contribution in [3.63, 3.8) is 0 Å². The van der Waals surface area contributed by atoms with Gasteiger partial charge in [-0.25, -0.2) is 8.42 Å². The first-order valence-corrected chi connectivity index (χ1v) is 11.9. The van der Waals surface area contributed by atoms with Crippen molar-refractivity contribution >= 4 is 15.9 Å². The number of carbonyl (C=O) groups is 1. The Kier molecular flexibility index (Phi) is 12.0. The summed E-state index contributed by atoms with van der Waals surface area (Å²) < 4.78 is 29.4. The lowest BCUT2D eigenvalue weighted by atomic mass is 10.1. The SMILES string of the molecule is CCCCCC1OC1C/C=C\C/C=C\C/C=C\CCCC(=O)NS(C)(=O)=O. The Morgan fingerprint density at radius 2 is 1.63 bits per heavy atom. The third kappa shape index (κ3) is 14.3. The van der Waals surface area contributed by atoms with E-state index >= 15 is 0 Å². The summed E-state index contributed by atoms with van der Waals surface area (Å²) in [6, 6.07) is 0. The van der Waals surface area contributed by atoms with Crippen molar-refractivity contribution in [3.05, 3.63) is 36.5 Å². The van der Waals surface area contributed by atoms with E-state index < -0.39 is 15.9 Å². The zero-order valence-electron chi connectivity index (χ0n) is 16.7. The number of hydrogen-bond donors (Lipinski definition) is 1. The molecule has 0 radical (unpaired) electrons. The summed E-state index contributed by atoms with van der Waals surface area (Å²) in [5, 5.41) is 0. The summed E-state index contributed by atoms with van der Waals surface area (Å²) in [5.74, 6) is -0.443. The molecule has 1 heterocycles. The topological polar surface area (TPSA) is 75.8 Å². The fourth-order valence-corrected chi connectivity index (χ4v) is 3.28. The summed E-state index contributed by atoms with van der Waals surface area (Å²) in [7, 11) is -3.44. The molecule has 2 unspecified atom stereocenters. The molecule has 6 heteroatoms. The van der Waals surface area contributed by atoms with Gasteiger partial charge in [0.2, 0.25) is 15.9 Å². The second-order valence-corrected chi connectivity index (χ2v) is 8.77. The number of unbranched alkanes of at least 4 members (excludes halogenated alkanes) is 3. The highest BCUT2D eigenvalue weighted by molar-refractivity contribution is 7.89. The Hall–Kier alpha value is -1.40. The molecule has 0 aromatic rings. The molecule has 1 fully saturated rings. The minimum absolute atomic E-state index is 0.224. The first-order valence-electron chi connectivity index (χ1n) is 10.0. The van der Waals surface area contributed by atoms with Gasteiger partial charge >= 0.3 is 0 Å². The lowest BCUT2D eigenvalue weighted by Crippen LogP contribution is -2.28. The molecule has 0 spiro atoms. The number of sulfonamides is 1. The Labute approximate surface area is 165 Å². The average molecular weight is 398 g/mol. The minimum Gasteiger partial charge on any atom is -0.369 e. The van der Waals surface area contributed by atoms with Gasteiger partial charge in [-0.3, -0.25) is 9.52 Å². The maximum atomic E-state index is 11.3. The van der Waals surface area contributed by atoms with Crippen LogP contribution in [0.3, 0.4) is 0 Å². The smallest absolute Gasteiger partial charge is 0.233 e. The van der Waals surface area contributed by atoms with Crippen molar-refractivity contribution in [2.75, 3.05) is 6.26 Å². The van der Waals surface area contributed by atoms with Gasteiger partial charge in [-0.05, 0) is 38.5 Å². The standard InChI is InChI=1S/C21H35NO4S/c1-3-4-13-16-19-20(26-19)17-14-11-9-7-5-6-8-10-12-15-18-21(23)22-27(2,24)25/h5,7-8,10-11,14,19-20H,3-4,6,9,12-13,15-18H2,1-2H3,(H,22,23)/b7-5-,10-8-,14-11-. The number of carbonyl (C=O) groups excluding carboxylic acids is 1. The Balaban J connectivity index is 1.94. The van der Waals surface area contributed by atoms with Gasteiger partial charge in [-0.15, -0.1) is 0 Å². The molecule has 1 N–H and O–H groups in total. The highest BCUT2D eigenvalue weighted by atomic mass is 32.2. The molecule has 5 nitrogen and oxygen atoms in total. The van der Waals surface area contributed by atoms with Crippen LogP contribution in [0.25, 0.3) is 0 Å². The van der Waals surface area contributed by atoms with E-state index in [2.05, 4.69) is 37.3 Å². The molecular formula is C21H35NO4S. The van der Waals surface area contributed by atoms with E-state index in [0.717, 1.165) is 31.9 Å². The Bertz CT molecular complexity index is 608. The molecule has 0 aliphatic carbocycles. The number of nitrogens with one attached hydrogen (secondary N) is 1. The van der Waals surface area contributed by atoms with Crippen LogP contribution < -0.4 is 4.72 Å². The van der Waals surface area contributed by atoms with Crippen LogP contribution in [-0.2, 0) is 19.6 Å². The van der Waals surface area contributed by atoms with Crippen LogP contribution in [0.15, 0.2) is 36.5 Å². The molecule has 1 aliphatic heterocycles. The van der Waals surface area contributed by atoms with Gasteiger partial charge in [0.15, 0.2) is 0 Å². The molecule has 1 aliphatic rings. The van der Waals surface area contributed by atoms with Gasteiger partial charge in [-0.2, -0.15) is 0 Å². The van der Waals surface area contributed by atoms with Crippen molar-refractivity contribution in [2.24, 2.45) is 0 Å². The summed E-state index contributed by atoms with van der Waals surface area (Å²) in [6.45, 7) is 2.22. The minimum atomic E-state index is -3.44. The predicted molar refractivity (Wildman–Crippen MR) is 111 cm³/mol. The fourth-order valence-electron chi connectivity index (χ4n) is 2.76. The molecule has 0 saturated carbocycles. The molecule has 1 saturated heterocycles. The van der Waals surface area contributed by atoms with E-state index in [1.54, 1.807) is 0 Å². The zero-order chi connectivity index (χ0) is 20.0. The van der Waals surface area contributed by atoms with Gasteiger partial charge in [0.25, 0.3) is 0 Å². The summed E-state index contributed by atoms with van der Waals surface area (Å²) in [6.07, 6.45) is 24.2. The molecule has 27 heavy (non-hydrogen) atoms. The zero-order valence-corrected chi connectivity index (χ0v) is 17.5. The van der Waals surface area contributed by atoms with E-state index in [0.29, 0.717) is 18.6 Å². The van der Waals surface area contributed by atoms with Crippen LogP contribution in [0.2, 0.25) is 0 Å². The second-order valence-electron chi connectivity index (χ2n) is 7.02. The van der Waals surface area contributed by atoms with Crippen molar-refractivity contribution in [3.8, 4) is 0 Å². The quantitative estimate of drug-likeness (QED) is 0.252. The van der Waals surface area contributed by atoms with Crippen LogP contribution in [-0.4, -0.2) is 32.8 Å². The Morgan fingerprint density at radius 3 is 2.30 bits per heavy atom. The Morgan fingerprint density at radius 1 is 0.963 bits per heavy atom. The molecule has 1 rings (SSSR count). The maximum absolute atomic E-state index is 11.3. The van der Waals surface area contributed by atoms with Crippen molar-refractivity contribution in [2.45, 2.75) is 83.3 Å². The number of hydrogen-bond acceptors (Lipinski definition) is 4. The van der Waals surface area contributed by atoms with Gasteiger partial charge in [0, 0.05) is 6.42 Å². The van der Waals surface area contributed by atoms with E-state index in [9.17, 15) is 13.2 Å². The van der Waals surface area contributed by atoms with Crippen molar-refractivity contribution < 1.29 is 17.9 Å². The van der Waals surface area contributed by atoms with Crippen molar-refractivity contribution in [1.82, 2.24) is 4.72 Å². The lowest BCUT2D eigenvalue weighted by molar-refractivity contribution is -0.119. The van der Waals surface area contributed by atoms with Crippen LogP contribution in [0.5, 0.6) is 0 Å². The first kappa shape index (κ1) is 23.6. The third-order valence-electron chi connectivity index (χ3n) is 4.27. The number of ether oxygens (including phenoxy) is 1. The average Bonchev–Trinajstić information content (AvgIpc) is 3.33. The summed E-state index contributed by atoms with van der Waals surface area (Å²) in [4.78, 5) is 11.3. The highest BCUT2D eigenvalue weighted by Gasteiger charge is 2.36. The first-order chi connectivity index (χ1) is 12.9. The summed E-state index contributed by atoms with van der Waals surface area (Å²) >= 11 is 0. The molecule has 2 atom stereocenters. The molecule has 0 bridgehead atoms. The normalized spacial score (nSPS) is 20.1. The van der Waals surface area contributed by atoms with Crippen LogP contribution in [0.4, 0.5) is 0 Å². The van der Waals surface area contributed by atoms with Gasteiger partial charge in [-0.1, -0.05) is 62.6 Å². The van der Waals surface area contributed by atoms with Crippen LogP contribution >= 0.6 is 0 Å². The van der Waals surface area contributed by atoms with E-state index in [1.165, 1.54) is 25.7 Å². The van der Waals surface area contributed by atoms with E-state index in [-0.39, 0.29) is 6.42 Å². The predicted octanol–water partition coefficient (Wildman–Crippen LogP) is 4.42. The monoisotopic (exact) mass is 397 g/mol. The largest absolute Gasteiger partial charge is 0.369 e. The molecule has 0 aromatic carbocycles. The second kappa shape index (κ2) is 13.7. The maximum Gasteiger partial charge on any atom is 0.233 e. The van der Waals surface area contributed by atoms with Crippen molar-refractivity contribution in [1.29, 1.82) is 0 Å². The molecule has 1 amide bonds. The highest BCUT2D eigenvalue weighted by Crippen LogP contribution is 2.30. The van der Waals surface area contributed by atoms with Gasteiger partial charge < -0.3 is 4.74 Å². The van der Waals surface area contributed by atoms with Crippen LogP contribution in [0, 0.1) is 0 Å². The number of epoxide rings is 1. The lowest BCUT2D eigenvalue weighted by Gasteiger charge is -2.00. The number of amides is 1. The number of allylic oxidation sites excluding steroid dienone is 5. The van der Waals surface area contributed by atoms with Crippen LogP contribution in [0.1, 0.15) is 71.1 Å². The third-order valence-corrected chi connectivity index (χ3v) is 4.86. The molecule has 154 valence electrons. The summed E-state index contributed by atoms with van der Waals surface area (Å²) in [5.41, 5.74) is 0. The van der Waals surface area contributed by atoms with E-state index in [4.69, 9.17) is 4.74 Å². The fraction of sp³-hybridized carbons (Fsp3) is 0.667. The van der Waals surface area contributed by atoms with E-state index in [1.807, 2.05) is 10.8 Å². The number of rotatable bonds is 15. The molecular weight excluding hydrogens is 362 g/mol. The van der Waals surface area contributed by atoms with Gasteiger partial charge in [0.05, 0.1) is 18.5 Å². The molecule has 0 aromatic heterocycles. The van der Waals surface area contributed by atoms with Gasteiger partial charge in [0.1, 0.15) is 0 Å².